The summed E-state index contributed by atoms with van der Waals surface area (Å²) in [6.07, 6.45) is 1.01. The first kappa shape index (κ1) is 13.7. The largest absolute Gasteiger partial charge is 0.330 e. The van der Waals surface area contributed by atoms with Crippen molar-refractivity contribution in [3.8, 4) is 0 Å². The molecule has 16 heavy (non-hydrogen) atoms. The summed E-state index contributed by atoms with van der Waals surface area (Å²) in [6.45, 7) is 5.23. The van der Waals surface area contributed by atoms with E-state index in [2.05, 4.69) is 59.4 Å². The van der Waals surface area contributed by atoms with Gasteiger partial charge in [0, 0.05) is 10.5 Å². The average molecular weight is 285 g/mol. The van der Waals surface area contributed by atoms with Gasteiger partial charge >= 0.3 is 0 Å². The van der Waals surface area contributed by atoms with Gasteiger partial charge in [0.15, 0.2) is 0 Å². The molecule has 1 aromatic rings. The number of rotatable bonds is 5. The summed E-state index contributed by atoms with van der Waals surface area (Å²) in [7, 11) is 2.00. The summed E-state index contributed by atoms with van der Waals surface area (Å²) in [4.78, 5) is 0. The molecule has 90 valence electrons. The monoisotopic (exact) mass is 284 g/mol. The van der Waals surface area contributed by atoms with E-state index in [1.807, 2.05) is 7.05 Å². The predicted molar refractivity (Wildman–Crippen MR) is 73.4 cm³/mol. The lowest BCUT2D eigenvalue weighted by atomic mass is 9.78. The van der Waals surface area contributed by atoms with Gasteiger partial charge in [-0.15, -0.1) is 0 Å². The molecule has 0 saturated carbocycles. The molecule has 1 atom stereocenters. The molecule has 3 N–H and O–H groups in total. The van der Waals surface area contributed by atoms with Crippen LogP contribution in [0.15, 0.2) is 28.7 Å². The van der Waals surface area contributed by atoms with Crippen LogP contribution in [0.1, 0.15) is 31.9 Å². The Balaban J connectivity index is 2.93. The van der Waals surface area contributed by atoms with Gasteiger partial charge in [0.1, 0.15) is 0 Å². The van der Waals surface area contributed by atoms with Crippen LogP contribution in [-0.4, -0.2) is 13.6 Å². The highest BCUT2D eigenvalue weighted by molar-refractivity contribution is 9.10. The van der Waals surface area contributed by atoms with Crippen LogP contribution in [0.3, 0.4) is 0 Å². The summed E-state index contributed by atoms with van der Waals surface area (Å²) < 4.78 is 1.11. The molecule has 1 rings (SSSR count). The van der Waals surface area contributed by atoms with Gasteiger partial charge in [0.05, 0.1) is 0 Å². The van der Waals surface area contributed by atoms with Crippen molar-refractivity contribution in [3.63, 3.8) is 0 Å². The average Bonchev–Trinajstić information content (AvgIpc) is 2.21. The standard InChI is InChI=1S/C13H21BrN2/c1-13(2,8-9-15)12(16-3)10-4-6-11(14)7-5-10/h4-7,12,16H,8-9,15H2,1-3H3. The van der Waals surface area contributed by atoms with Gasteiger partial charge < -0.3 is 11.1 Å². The highest BCUT2D eigenvalue weighted by Gasteiger charge is 2.28. The Kier molecular flexibility index (Phi) is 4.96. The Labute approximate surface area is 107 Å². The zero-order chi connectivity index (χ0) is 12.2. The molecule has 0 aliphatic heterocycles. The van der Waals surface area contributed by atoms with Crippen LogP contribution in [0.5, 0.6) is 0 Å². The van der Waals surface area contributed by atoms with Crippen LogP contribution < -0.4 is 11.1 Å². The second-order valence-corrected chi connectivity index (χ2v) is 5.72. The van der Waals surface area contributed by atoms with Crippen LogP contribution in [0.25, 0.3) is 0 Å². The van der Waals surface area contributed by atoms with E-state index in [-0.39, 0.29) is 5.41 Å². The topological polar surface area (TPSA) is 38.0 Å². The minimum atomic E-state index is 0.164. The number of hydrogen-bond donors (Lipinski definition) is 2. The molecule has 0 spiro atoms. The lowest BCUT2D eigenvalue weighted by Crippen LogP contribution is -2.33. The fourth-order valence-electron chi connectivity index (χ4n) is 2.18. The van der Waals surface area contributed by atoms with Gasteiger partial charge in [0.2, 0.25) is 0 Å². The highest BCUT2D eigenvalue weighted by Crippen LogP contribution is 2.36. The molecule has 1 aromatic carbocycles. The van der Waals surface area contributed by atoms with E-state index in [4.69, 9.17) is 5.73 Å². The van der Waals surface area contributed by atoms with E-state index in [1.54, 1.807) is 0 Å². The highest BCUT2D eigenvalue weighted by atomic mass is 79.9. The molecule has 0 aliphatic rings. The molecule has 2 nitrogen and oxygen atoms in total. The van der Waals surface area contributed by atoms with E-state index in [0.29, 0.717) is 6.04 Å². The summed E-state index contributed by atoms with van der Waals surface area (Å²) in [5.41, 5.74) is 7.15. The molecule has 0 aliphatic carbocycles. The minimum absolute atomic E-state index is 0.164. The van der Waals surface area contributed by atoms with E-state index < -0.39 is 0 Å². The van der Waals surface area contributed by atoms with Crippen LogP contribution in [0, 0.1) is 5.41 Å². The Bertz CT molecular complexity index is 319. The molecule has 3 heteroatoms. The van der Waals surface area contributed by atoms with Crippen LogP contribution in [0.4, 0.5) is 0 Å². The van der Waals surface area contributed by atoms with Crippen molar-refractivity contribution in [3.05, 3.63) is 34.3 Å². The molecular weight excluding hydrogens is 264 g/mol. The lowest BCUT2D eigenvalue weighted by molar-refractivity contribution is 0.239. The molecule has 1 unspecified atom stereocenters. The Morgan fingerprint density at radius 1 is 1.31 bits per heavy atom. The fraction of sp³-hybridized carbons (Fsp3) is 0.538. The van der Waals surface area contributed by atoms with Gasteiger partial charge in [-0.05, 0) is 43.1 Å². The minimum Gasteiger partial charge on any atom is -0.330 e. The number of halogens is 1. The zero-order valence-corrected chi connectivity index (χ0v) is 11.8. The number of hydrogen-bond acceptors (Lipinski definition) is 2. The third-order valence-corrected chi connectivity index (χ3v) is 3.59. The number of nitrogens with one attached hydrogen (secondary N) is 1. The van der Waals surface area contributed by atoms with E-state index >= 15 is 0 Å². The SMILES string of the molecule is CNC(c1ccc(Br)cc1)C(C)(C)CCN. The quantitative estimate of drug-likeness (QED) is 0.872. The maximum atomic E-state index is 5.67. The molecule has 0 aromatic heterocycles. The smallest absolute Gasteiger partial charge is 0.0369 e. The molecule has 0 radical (unpaired) electrons. The van der Waals surface area contributed by atoms with Gasteiger partial charge in [-0.2, -0.15) is 0 Å². The van der Waals surface area contributed by atoms with Crippen LogP contribution >= 0.6 is 15.9 Å². The molecule has 0 amide bonds. The van der Waals surface area contributed by atoms with Gasteiger partial charge in [-0.3, -0.25) is 0 Å². The first-order valence-electron chi connectivity index (χ1n) is 5.64. The second-order valence-electron chi connectivity index (χ2n) is 4.80. The Morgan fingerprint density at radius 2 is 1.88 bits per heavy atom. The van der Waals surface area contributed by atoms with Crippen LogP contribution in [0.2, 0.25) is 0 Å². The number of nitrogens with two attached hydrogens (primary N) is 1. The van der Waals surface area contributed by atoms with Crippen molar-refractivity contribution in [2.75, 3.05) is 13.6 Å². The molecule has 0 fully saturated rings. The van der Waals surface area contributed by atoms with Crippen molar-refractivity contribution < 1.29 is 0 Å². The van der Waals surface area contributed by atoms with Gasteiger partial charge in [0.25, 0.3) is 0 Å². The molecule has 0 saturated heterocycles. The number of benzene rings is 1. The van der Waals surface area contributed by atoms with Crippen LogP contribution in [-0.2, 0) is 0 Å². The van der Waals surface area contributed by atoms with Crippen molar-refractivity contribution in [2.45, 2.75) is 26.3 Å². The normalized spacial score (nSPS) is 13.8. The maximum absolute atomic E-state index is 5.67. The molecular formula is C13H21BrN2. The molecule has 0 heterocycles. The van der Waals surface area contributed by atoms with Gasteiger partial charge in [-0.25, -0.2) is 0 Å². The van der Waals surface area contributed by atoms with E-state index in [9.17, 15) is 0 Å². The first-order chi connectivity index (χ1) is 7.51. The van der Waals surface area contributed by atoms with E-state index in [1.165, 1.54) is 5.56 Å². The second kappa shape index (κ2) is 5.80. The lowest BCUT2D eigenvalue weighted by Gasteiger charge is -2.34. The third kappa shape index (κ3) is 3.30. The molecule has 0 bridgehead atoms. The summed E-state index contributed by atoms with van der Waals surface area (Å²) in [5, 5.41) is 3.39. The summed E-state index contributed by atoms with van der Waals surface area (Å²) >= 11 is 3.46. The predicted octanol–water partition coefficient (Wildman–Crippen LogP) is 3.08. The van der Waals surface area contributed by atoms with Crippen molar-refractivity contribution in [1.29, 1.82) is 0 Å². The Hall–Kier alpha value is -0.380. The van der Waals surface area contributed by atoms with Crippen molar-refractivity contribution in [2.24, 2.45) is 11.1 Å². The fourth-order valence-corrected chi connectivity index (χ4v) is 2.44. The van der Waals surface area contributed by atoms with Crippen molar-refractivity contribution in [1.82, 2.24) is 5.32 Å². The Morgan fingerprint density at radius 3 is 2.31 bits per heavy atom. The third-order valence-electron chi connectivity index (χ3n) is 3.06. The van der Waals surface area contributed by atoms with Gasteiger partial charge in [-0.1, -0.05) is 41.9 Å². The zero-order valence-electron chi connectivity index (χ0n) is 10.3. The van der Waals surface area contributed by atoms with Crippen molar-refractivity contribution >= 4 is 15.9 Å². The van der Waals surface area contributed by atoms with E-state index in [0.717, 1.165) is 17.4 Å². The summed E-state index contributed by atoms with van der Waals surface area (Å²) in [6, 6.07) is 8.81. The maximum Gasteiger partial charge on any atom is 0.0369 e. The first-order valence-corrected chi connectivity index (χ1v) is 6.43. The summed E-state index contributed by atoms with van der Waals surface area (Å²) in [5.74, 6) is 0.